The molecule has 0 fully saturated rings. The lowest BCUT2D eigenvalue weighted by Gasteiger charge is -2.21. The summed E-state index contributed by atoms with van der Waals surface area (Å²) >= 11 is 0. The first kappa shape index (κ1) is 11.5. The van der Waals surface area contributed by atoms with Crippen LogP contribution in [0.25, 0.3) is 0 Å². The summed E-state index contributed by atoms with van der Waals surface area (Å²) in [4.78, 5) is 0. The minimum Gasteiger partial charge on any atom is -0.385 e. The number of hydrogen-bond acceptors (Lipinski definition) is 1. The summed E-state index contributed by atoms with van der Waals surface area (Å²) in [6.45, 7) is 5.76. The van der Waals surface area contributed by atoms with Crippen LogP contribution in [0.2, 0.25) is 0 Å². The van der Waals surface area contributed by atoms with E-state index in [1.807, 2.05) is 0 Å². The molecular weight excluding hydrogens is 194 g/mol. The Kier molecular flexibility index (Phi) is 3.87. The van der Waals surface area contributed by atoms with Gasteiger partial charge in [-0.3, -0.25) is 0 Å². The molecule has 1 aromatic rings. The van der Waals surface area contributed by atoms with Crippen LogP contribution in [0.15, 0.2) is 18.2 Å². The first-order valence-electron chi connectivity index (χ1n) is 6.62. The number of rotatable bonds is 4. The van der Waals surface area contributed by atoms with E-state index in [9.17, 15) is 0 Å². The molecule has 0 aromatic heterocycles. The molecule has 2 rings (SSSR count). The second kappa shape index (κ2) is 5.38. The van der Waals surface area contributed by atoms with Crippen molar-refractivity contribution in [2.45, 2.75) is 46.0 Å². The molecule has 1 aliphatic heterocycles. The maximum Gasteiger partial charge on any atom is 0.0405 e. The zero-order valence-electron chi connectivity index (χ0n) is 10.6. The quantitative estimate of drug-likeness (QED) is 0.803. The van der Waals surface area contributed by atoms with E-state index in [2.05, 4.69) is 37.4 Å². The van der Waals surface area contributed by atoms with Crippen LogP contribution >= 0.6 is 0 Å². The molecule has 0 amide bonds. The molecule has 0 aliphatic carbocycles. The molecular formula is C15H23N. The highest BCUT2D eigenvalue weighted by Gasteiger charge is 2.11. The number of fused-ring (bicyclic) bond motifs is 1. The van der Waals surface area contributed by atoms with E-state index in [-0.39, 0.29) is 0 Å². The predicted octanol–water partition coefficient (Wildman–Crippen LogP) is 4.02. The van der Waals surface area contributed by atoms with E-state index in [0.717, 1.165) is 12.5 Å². The third-order valence-electron chi connectivity index (χ3n) is 3.39. The molecule has 1 heterocycles. The van der Waals surface area contributed by atoms with Crippen molar-refractivity contribution in [2.24, 2.45) is 5.92 Å². The number of benzene rings is 1. The van der Waals surface area contributed by atoms with Crippen LogP contribution in [0, 0.1) is 5.92 Å². The van der Waals surface area contributed by atoms with Crippen LogP contribution in [-0.2, 0) is 12.8 Å². The average Bonchev–Trinajstić information content (AvgIpc) is 2.29. The maximum absolute atomic E-state index is 3.57. The summed E-state index contributed by atoms with van der Waals surface area (Å²) in [6, 6.07) is 6.78. The van der Waals surface area contributed by atoms with Gasteiger partial charge < -0.3 is 5.32 Å². The lowest BCUT2D eigenvalue weighted by atomic mass is 9.95. The van der Waals surface area contributed by atoms with Crippen molar-refractivity contribution in [1.29, 1.82) is 0 Å². The molecule has 1 aromatic carbocycles. The van der Waals surface area contributed by atoms with E-state index < -0.39 is 0 Å². The first-order valence-corrected chi connectivity index (χ1v) is 6.62. The third-order valence-corrected chi connectivity index (χ3v) is 3.39. The summed E-state index contributed by atoms with van der Waals surface area (Å²) in [5.41, 5.74) is 4.49. The average molecular weight is 217 g/mol. The Morgan fingerprint density at radius 3 is 3.00 bits per heavy atom. The number of hydrogen-bond donors (Lipinski definition) is 1. The van der Waals surface area contributed by atoms with Gasteiger partial charge in [0.05, 0.1) is 0 Å². The van der Waals surface area contributed by atoms with Gasteiger partial charge in [-0.1, -0.05) is 38.5 Å². The zero-order chi connectivity index (χ0) is 11.4. The molecule has 1 N–H and O–H groups in total. The maximum atomic E-state index is 3.57. The zero-order valence-corrected chi connectivity index (χ0v) is 10.6. The van der Waals surface area contributed by atoms with E-state index in [1.165, 1.54) is 48.9 Å². The number of aryl methyl sites for hydroxylation is 2. The predicted molar refractivity (Wildman–Crippen MR) is 71.0 cm³/mol. The fourth-order valence-electron chi connectivity index (χ4n) is 2.49. The van der Waals surface area contributed by atoms with Gasteiger partial charge in [-0.25, -0.2) is 0 Å². The van der Waals surface area contributed by atoms with E-state index in [0.29, 0.717) is 0 Å². The minimum atomic E-state index is 0.826. The summed E-state index contributed by atoms with van der Waals surface area (Å²) in [5, 5.41) is 3.57. The summed E-state index contributed by atoms with van der Waals surface area (Å²) < 4.78 is 0. The molecule has 1 heteroatoms. The Hall–Kier alpha value is -0.980. The summed E-state index contributed by atoms with van der Waals surface area (Å²) in [6.07, 6.45) is 6.41. The molecule has 0 atom stereocenters. The Morgan fingerprint density at radius 2 is 2.19 bits per heavy atom. The third kappa shape index (κ3) is 2.78. The van der Waals surface area contributed by atoms with Crippen molar-refractivity contribution < 1.29 is 0 Å². The normalized spacial score (nSPS) is 14.7. The van der Waals surface area contributed by atoms with Crippen molar-refractivity contribution in [1.82, 2.24) is 0 Å². The lowest BCUT2D eigenvalue weighted by Crippen LogP contribution is -2.13. The molecule has 0 radical (unpaired) electrons. The summed E-state index contributed by atoms with van der Waals surface area (Å²) in [5.74, 6) is 0.826. The van der Waals surface area contributed by atoms with Crippen molar-refractivity contribution in [2.75, 3.05) is 11.9 Å². The number of para-hydroxylation sites is 1. The molecule has 0 spiro atoms. The van der Waals surface area contributed by atoms with Gasteiger partial charge in [-0.15, -0.1) is 0 Å². The van der Waals surface area contributed by atoms with Gasteiger partial charge in [0.15, 0.2) is 0 Å². The molecule has 0 bridgehead atoms. The van der Waals surface area contributed by atoms with Gasteiger partial charge in [-0.05, 0) is 42.7 Å². The standard InChI is InChI=1S/C15H23N/c1-12(2)6-3-7-13-8-4-9-14-10-5-11-16-15(13)14/h4,8-9,12,16H,3,5-7,10-11H2,1-2H3. The molecule has 0 saturated heterocycles. The van der Waals surface area contributed by atoms with E-state index in [4.69, 9.17) is 0 Å². The van der Waals surface area contributed by atoms with E-state index in [1.54, 1.807) is 0 Å². The second-order valence-corrected chi connectivity index (χ2v) is 5.27. The van der Waals surface area contributed by atoms with Crippen molar-refractivity contribution >= 4 is 5.69 Å². The van der Waals surface area contributed by atoms with Crippen LogP contribution in [0.1, 0.15) is 44.2 Å². The highest BCUT2D eigenvalue weighted by Crippen LogP contribution is 2.27. The van der Waals surface area contributed by atoms with Crippen molar-refractivity contribution in [3.05, 3.63) is 29.3 Å². The Balaban J connectivity index is 2.03. The number of nitrogens with one attached hydrogen (secondary N) is 1. The van der Waals surface area contributed by atoms with Gasteiger partial charge in [-0.2, -0.15) is 0 Å². The van der Waals surface area contributed by atoms with Crippen molar-refractivity contribution in [3.63, 3.8) is 0 Å². The Labute approximate surface area is 99.3 Å². The molecule has 1 aliphatic rings. The van der Waals surface area contributed by atoms with E-state index >= 15 is 0 Å². The van der Waals surface area contributed by atoms with Gasteiger partial charge in [0.2, 0.25) is 0 Å². The van der Waals surface area contributed by atoms with Crippen LogP contribution < -0.4 is 5.32 Å². The van der Waals surface area contributed by atoms with Crippen LogP contribution in [0.4, 0.5) is 5.69 Å². The van der Waals surface area contributed by atoms with Gasteiger partial charge in [0.25, 0.3) is 0 Å². The minimum absolute atomic E-state index is 0.826. The van der Waals surface area contributed by atoms with Crippen LogP contribution in [0.3, 0.4) is 0 Å². The smallest absolute Gasteiger partial charge is 0.0405 e. The molecule has 0 saturated carbocycles. The lowest BCUT2D eigenvalue weighted by molar-refractivity contribution is 0.555. The fourth-order valence-corrected chi connectivity index (χ4v) is 2.49. The highest BCUT2D eigenvalue weighted by molar-refractivity contribution is 5.59. The molecule has 1 nitrogen and oxygen atoms in total. The van der Waals surface area contributed by atoms with Crippen LogP contribution in [0.5, 0.6) is 0 Å². The number of anilines is 1. The Morgan fingerprint density at radius 1 is 1.31 bits per heavy atom. The first-order chi connectivity index (χ1) is 7.77. The van der Waals surface area contributed by atoms with Crippen LogP contribution in [-0.4, -0.2) is 6.54 Å². The molecule has 88 valence electrons. The summed E-state index contributed by atoms with van der Waals surface area (Å²) in [7, 11) is 0. The SMILES string of the molecule is CC(C)CCCc1cccc2c1NCCC2. The second-order valence-electron chi connectivity index (χ2n) is 5.27. The highest BCUT2D eigenvalue weighted by atomic mass is 14.9. The topological polar surface area (TPSA) is 12.0 Å². The van der Waals surface area contributed by atoms with Gasteiger partial charge in [0.1, 0.15) is 0 Å². The molecule has 16 heavy (non-hydrogen) atoms. The Bertz CT molecular complexity index is 341. The van der Waals surface area contributed by atoms with Crippen molar-refractivity contribution in [3.8, 4) is 0 Å². The molecule has 0 unspecified atom stereocenters. The van der Waals surface area contributed by atoms with Gasteiger partial charge in [0, 0.05) is 12.2 Å². The van der Waals surface area contributed by atoms with Gasteiger partial charge >= 0.3 is 0 Å². The monoisotopic (exact) mass is 217 g/mol. The fraction of sp³-hybridized carbons (Fsp3) is 0.600. The largest absolute Gasteiger partial charge is 0.385 e.